The fourth-order valence-corrected chi connectivity index (χ4v) is 2.78. The summed E-state index contributed by atoms with van der Waals surface area (Å²) >= 11 is 0. The third kappa shape index (κ3) is 2.42. The van der Waals surface area contributed by atoms with Gasteiger partial charge >= 0.3 is 0 Å². The number of likely N-dealkylation sites (tertiary alicyclic amines) is 1. The summed E-state index contributed by atoms with van der Waals surface area (Å²) in [4.78, 5) is 16.7. The highest BCUT2D eigenvalue weighted by Gasteiger charge is 2.37. The lowest BCUT2D eigenvalue weighted by atomic mass is 9.90. The molecule has 1 aliphatic rings. The first kappa shape index (κ1) is 13.1. The molecule has 0 spiro atoms. The van der Waals surface area contributed by atoms with Crippen LogP contribution in [0.2, 0.25) is 0 Å². The molecule has 1 aromatic carbocycles. The Hall–Kier alpha value is -1.85. The maximum atomic E-state index is 11.2. The highest BCUT2D eigenvalue weighted by molar-refractivity contribution is 5.83. The van der Waals surface area contributed by atoms with Gasteiger partial charge in [-0.2, -0.15) is 0 Å². The van der Waals surface area contributed by atoms with E-state index in [1.807, 2.05) is 12.3 Å². The molecule has 1 aliphatic heterocycles. The summed E-state index contributed by atoms with van der Waals surface area (Å²) in [7, 11) is 0. The zero-order valence-electron chi connectivity index (χ0n) is 11.3. The predicted molar refractivity (Wildman–Crippen MR) is 77.0 cm³/mol. The number of nitrogens with one attached hydrogen (secondary N) is 1. The average molecular weight is 273 g/mol. The lowest BCUT2D eigenvalue weighted by Gasteiger charge is -2.36. The lowest BCUT2D eigenvalue weighted by Crippen LogP contribution is -2.51. The highest BCUT2D eigenvalue weighted by Crippen LogP contribution is 2.23. The molecule has 0 radical (unpaired) electrons. The Kier molecular flexibility index (Phi) is 3.23. The summed E-state index contributed by atoms with van der Waals surface area (Å²) in [5.41, 5.74) is 6.28. The molecule has 1 aromatic heterocycles. The van der Waals surface area contributed by atoms with Gasteiger partial charge < -0.3 is 15.8 Å². The third-order valence-corrected chi connectivity index (χ3v) is 4.17. The van der Waals surface area contributed by atoms with Crippen LogP contribution < -0.4 is 5.73 Å². The van der Waals surface area contributed by atoms with Crippen molar-refractivity contribution in [3.8, 4) is 0 Å². The topological polar surface area (TPSA) is 82.3 Å². The standard InChI is InChI=1S/C15H19N3O2/c16-14(19)15(20)4-7-18(8-5-15)10-11-1-2-12-3-6-17-13(12)9-11/h1-3,6,9,17,20H,4-5,7-8,10H2,(H2,16,19). The van der Waals surface area contributed by atoms with Gasteiger partial charge in [-0.1, -0.05) is 12.1 Å². The number of piperidine rings is 1. The zero-order valence-corrected chi connectivity index (χ0v) is 11.3. The summed E-state index contributed by atoms with van der Waals surface area (Å²) in [6.07, 6.45) is 2.75. The smallest absolute Gasteiger partial charge is 0.249 e. The van der Waals surface area contributed by atoms with Crippen LogP contribution in [0.4, 0.5) is 0 Å². The number of aromatic nitrogens is 1. The molecule has 2 heterocycles. The van der Waals surface area contributed by atoms with Crippen molar-refractivity contribution in [1.29, 1.82) is 0 Å². The van der Waals surface area contributed by atoms with Gasteiger partial charge in [0.1, 0.15) is 5.60 Å². The van der Waals surface area contributed by atoms with E-state index in [2.05, 4.69) is 28.1 Å². The number of nitrogens with zero attached hydrogens (tertiary/aromatic N) is 1. The Labute approximate surface area is 117 Å². The van der Waals surface area contributed by atoms with Gasteiger partial charge in [-0.15, -0.1) is 0 Å². The van der Waals surface area contributed by atoms with Crippen molar-refractivity contribution in [2.75, 3.05) is 13.1 Å². The zero-order chi connectivity index (χ0) is 14.2. The SMILES string of the molecule is NC(=O)C1(O)CCN(Cc2ccc3cc[nH]c3c2)CC1. The molecule has 0 aliphatic carbocycles. The van der Waals surface area contributed by atoms with Crippen LogP contribution in [0.1, 0.15) is 18.4 Å². The fraction of sp³-hybridized carbons (Fsp3) is 0.400. The Morgan fingerprint density at radius 2 is 2.10 bits per heavy atom. The molecule has 0 saturated carbocycles. The van der Waals surface area contributed by atoms with Crippen LogP contribution in [0.25, 0.3) is 10.9 Å². The van der Waals surface area contributed by atoms with Crippen molar-refractivity contribution in [2.24, 2.45) is 5.73 Å². The van der Waals surface area contributed by atoms with Crippen molar-refractivity contribution >= 4 is 16.8 Å². The molecular weight excluding hydrogens is 254 g/mol. The molecule has 20 heavy (non-hydrogen) atoms. The van der Waals surface area contributed by atoms with Crippen LogP contribution in [-0.2, 0) is 11.3 Å². The number of nitrogens with two attached hydrogens (primary N) is 1. The van der Waals surface area contributed by atoms with Crippen LogP contribution >= 0.6 is 0 Å². The van der Waals surface area contributed by atoms with Crippen molar-refractivity contribution in [1.82, 2.24) is 9.88 Å². The molecule has 0 bridgehead atoms. The minimum Gasteiger partial charge on any atom is -0.380 e. The monoisotopic (exact) mass is 273 g/mol. The average Bonchev–Trinajstić information content (AvgIpc) is 2.89. The number of carbonyl (C=O) groups is 1. The van der Waals surface area contributed by atoms with E-state index in [4.69, 9.17) is 5.73 Å². The highest BCUT2D eigenvalue weighted by atomic mass is 16.3. The first-order valence-electron chi connectivity index (χ1n) is 6.87. The first-order chi connectivity index (χ1) is 9.57. The predicted octanol–water partition coefficient (Wildman–Crippen LogP) is 0.980. The Morgan fingerprint density at radius 3 is 2.80 bits per heavy atom. The Morgan fingerprint density at radius 1 is 1.35 bits per heavy atom. The Balaban J connectivity index is 1.66. The number of aliphatic hydroxyl groups is 1. The minimum atomic E-state index is -1.32. The van der Waals surface area contributed by atoms with Crippen LogP contribution in [0.15, 0.2) is 30.5 Å². The largest absolute Gasteiger partial charge is 0.380 e. The van der Waals surface area contributed by atoms with Gasteiger partial charge in [0.2, 0.25) is 5.91 Å². The second-order valence-corrected chi connectivity index (χ2v) is 5.57. The molecule has 2 aromatic rings. The van der Waals surface area contributed by atoms with Gasteiger partial charge in [-0.05, 0) is 35.9 Å². The van der Waals surface area contributed by atoms with Gasteiger partial charge in [-0.25, -0.2) is 0 Å². The second-order valence-electron chi connectivity index (χ2n) is 5.57. The maximum absolute atomic E-state index is 11.2. The molecule has 5 heteroatoms. The van der Waals surface area contributed by atoms with E-state index in [0.717, 1.165) is 12.1 Å². The number of hydrogen-bond donors (Lipinski definition) is 3. The number of amides is 1. The molecule has 1 saturated heterocycles. The normalized spacial score (nSPS) is 19.2. The number of primary amides is 1. The van der Waals surface area contributed by atoms with Crippen LogP contribution in [-0.4, -0.2) is 39.6 Å². The minimum absolute atomic E-state index is 0.410. The van der Waals surface area contributed by atoms with Crippen LogP contribution in [0.3, 0.4) is 0 Å². The molecule has 1 amide bonds. The van der Waals surface area contributed by atoms with E-state index in [1.165, 1.54) is 10.9 Å². The lowest BCUT2D eigenvalue weighted by molar-refractivity contribution is -0.141. The van der Waals surface area contributed by atoms with Gasteiger partial charge in [0, 0.05) is 31.3 Å². The molecule has 0 unspecified atom stereocenters. The number of rotatable bonds is 3. The fourth-order valence-electron chi connectivity index (χ4n) is 2.78. The van der Waals surface area contributed by atoms with Crippen molar-refractivity contribution in [2.45, 2.75) is 25.0 Å². The molecule has 3 rings (SSSR count). The molecule has 4 N–H and O–H groups in total. The van der Waals surface area contributed by atoms with Gasteiger partial charge in [0.15, 0.2) is 0 Å². The number of hydrogen-bond acceptors (Lipinski definition) is 3. The Bertz CT molecular complexity index is 627. The van der Waals surface area contributed by atoms with E-state index in [0.29, 0.717) is 25.9 Å². The van der Waals surface area contributed by atoms with Crippen LogP contribution in [0, 0.1) is 0 Å². The van der Waals surface area contributed by atoms with Crippen molar-refractivity contribution in [3.05, 3.63) is 36.0 Å². The number of fused-ring (bicyclic) bond motifs is 1. The van der Waals surface area contributed by atoms with E-state index in [1.54, 1.807) is 0 Å². The van der Waals surface area contributed by atoms with Gasteiger partial charge in [0.05, 0.1) is 0 Å². The van der Waals surface area contributed by atoms with Gasteiger partial charge in [0.25, 0.3) is 0 Å². The summed E-state index contributed by atoms with van der Waals surface area (Å²) in [6, 6.07) is 8.41. The summed E-state index contributed by atoms with van der Waals surface area (Å²) in [6.45, 7) is 2.19. The van der Waals surface area contributed by atoms with Crippen molar-refractivity contribution in [3.63, 3.8) is 0 Å². The maximum Gasteiger partial charge on any atom is 0.249 e. The van der Waals surface area contributed by atoms with Gasteiger partial charge in [-0.3, -0.25) is 9.69 Å². The number of H-pyrrole nitrogens is 1. The van der Waals surface area contributed by atoms with Crippen LogP contribution in [0.5, 0.6) is 0 Å². The summed E-state index contributed by atoms with van der Waals surface area (Å²) in [5, 5.41) is 11.2. The van der Waals surface area contributed by atoms with E-state index in [-0.39, 0.29) is 0 Å². The quantitative estimate of drug-likeness (QED) is 0.779. The molecule has 1 fully saturated rings. The molecule has 5 nitrogen and oxygen atoms in total. The molecular formula is C15H19N3O2. The number of benzene rings is 1. The second kappa shape index (κ2) is 4.92. The van der Waals surface area contributed by atoms with Crippen molar-refractivity contribution < 1.29 is 9.90 Å². The van der Waals surface area contributed by atoms with E-state index < -0.39 is 11.5 Å². The number of carbonyl (C=O) groups excluding carboxylic acids is 1. The molecule has 106 valence electrons. The van der Waals surface area contributed by atoms with E-state index >= 15 is 0 Å². The third-order valence-electron chi connectivity index (χ3n) is 4.17. The number of aromatic amines is 1. The summed E-state index contributed by atoms with van der Waals surface area (Å²) in [5.74, 6) is -0.607. The van der Waals surface area contributed by atoms with E-state index in [9.17, 15) is 9.90 Å². The molecule has 0 atom stereocenters. The first-order valence-corrected chi connectivity index (χ1v) is 6.87. The summed E-state index contributed by atoms with van der Waals surface area (Å²) < 4.78 is 0.